The molecule has 0 spiro atoms. The highest BCUT2D eigenvalue weighted by molar-refractivity contribution is 5.60. The normalized spacial score (nSPS) is 19.0. The maximum absolute atomic E-state index is 5.37. The van der Waals surface area contributed by atoms with Crippen molar-refractivity contribution in [1.29, 1.82) is 0 Å². The van der Waals surface area contributed by atoms with E-state index in [4.69, 9.17) is 4.74 Å². The van der Waals surface area contributed by atoms with Crippen LogP contribution in [0.4, 0.5) is 5.69 Å². The van der Waals surface area contributed by atoms with Gasteiger partial charge >= 0.3 is 0 Å². The molecule has 1 aliphatic rings. The van der Waals surface area contributed by atoms with Crippen molar-refractivity contribution in [3.05, 3.63) is 30.6 Å². The molecule has 0 aliphatic carbocycles. The molecular formula is C12H15N5O. The Morgan fingerprint density at radius 3 is 3.11 bits per heavy atom. The highest BCUT2D eigenvalue weighted by Crippen LogP contribution is 2.20. The smallest absolute Gasteiger partial charge is 0.143 e. The first-order chi connectivity index (χ1) is 8.93. The largest absolute Gasteiger partial charge is 0.383 e. The van der Waals surface area contributed by atoms with Gasteiger partial charge in [-0.2, -0.15) is 4.68 Å². The third kappa shape index (κ3) is 2.33. The minimum absolute atomic E-state index is 0.590. The molecule has 6 heteroatoms. The van der Waals surface area contributed by atoms with E-state index in [9.17, 15) is 0 Å². The highest BCUT2D eigenvalue weighted by Gasteiger charge is 2.15. The van der Waals surface area contributed by atoms with Crippen LogP contribution in [0.15, 0.2) is 30.6 Å². The van der Waals surface area contributed by atoms with Gasteiger partial charge in [0.2, 0.25) is 0 Å². The van der Waals surface area contributed by atoms with Crippen molar-refractivity contribution in [2.24, 2.45) is 5.92 Å². The van der Waals surface area contributed by atoms with E-state index in [1.165, 1.54) is 0 Å². The van der Waals surface area contributed by atoms with Crippen molar-refractivity contribution in [1.82, 2.24) is 20.2 Å². The maximum atomic E-state index is 5.37. The third-order valence-corrected chi connectivity index (χ3v) is 3.11. The Labute approximate surface area is 105 Å². The zero-order valence-electron chi connectivity index (χ0n) is 9.99. The number of hydrogen-bond acceptors (Lipinski definition) is 5. The van der Waals surface area contributed by atoms with Gasteiger partial charge in [-0.05, 0) is 29.0 Å². The zero-order chi connectivity index (χ0) is 12.2. The van der Waals surface area contributed by atoms with Gasteiger partial charge in [-0.15, -0.1) is 5.10 Å². The van der Waals surface area contributed by atoms with E-state index in [0.29, 0.717) is 5.92 Å². The Kier molecular flexibility index (Phi) is 3.18. The second kappa shape index (κ2) is 5.14. The molecule has 0 amide bonds. The second-order valence-electron chi connectivity index (χ2n) is 4.38. The fraction of sp³-hybridized carbons (Fsp3) is 0.417. The lowest BCUT2D eigenvalue weighted by Gasteiger charge is -2.13. The molecule has 94 valence electrons. The van der Waals surface area contributed by atoms with E-state index in [1.54, 1.807) is 11.0 Å². The first-order valence-corrected chi connectivity index (χ1v) is 6.07. The van der Waals surface area contributed by atoms with Crippen LogP contribution in [0, 0.1) is 5.92 Å². The number of benzene rings is 1. The summed E-state index contributed by atoms with van der Waals surface area (Å²) in [6, 6.07) is 8.00. The van der Waals surface area contributed by atoms with Gasteiger partial charge < -0.3 is 10.1 Å². The summed E-state index contributed by atoms with van der Waals surface area (Å²) in [5.74, 6) is 0.590. The first kappa shape index (κ1) is 11.2. The molecule has 0 bridgehead atoms. The van der Waals surface area contributed by atoms with Crippen molar-refractivity contribution in [2.75, 3.05) is 25.1 Å². The Balaban J connectivity index is 1.75. The second-order valence-corrected chi connectivity index (χ2v) is 4.38. The number of rotatable bonds is 4. The van der Waals surface area contributed by atoms with Crippen molar-refractivity contribution in [3.8, 4) is 5.69 Å². The molecule has 1 atom stereocenters. The van der Waals surface area contributed by atoms with Crippen LogP contribution in [0.1, 0.15) is 6.42 Å². The molecule has 0 saturated carbocycles. The molecule has 2 aromatic rings. The van der Waals surface area contributed by atoms with E-state index >= 15 is 0 Å². The number of nitrogens with zero attached hydrogens (tertiary/aromatic N) is 4. The first-order valence-electron chi connectivity index (χ1n) is 6.07. The van der Waals surface area contributed by atoms with Crippen molar-refractivity contribution in [2.45, 2.75) is 6.42 Å². The molecule has 18 heavy (non-hydrogen) atoms. The van der Waals surface area contributed by atoms with Crippen LogP contribution in [0.25, 0.3) is 5.69 Å². The summed E-state index contributed by atoms with van der Waals surface area (Å²) in [6.07, 6.45) is 2.72. The van der Waals surface area contributed by atoms with E-state index in [-0.39, 0.29) is 0 Å². The summed E-state index contributed by atoms with van der Waals surface area (Å²) >= 11 is 0. The fourth-order valence-electron chi connectivity index (χ4n) is 2.09. The molecular weight excluding hydrogens is 230 g/mol. The molecule has 0 radical (unpaired) electrons. The summed E-state index contributed by atoms with van der Waals surface area (Å²) in [4.78, 5) is 0. The monoisotopic (exact) mass is 245 g/mol. The van der Waals surface area contributed by atoms with Crippen LogP contribution in [0.2, 0.25) is 0 Å². The number of para-hydroxylation sites is 2. The Hall–Kier alpha value is -1.95. The average Bonchev–Trinajstić information content (AvgIpc) is 3.10. The maximum Gasteiger partial charge on any atom is 0.143 e. The molecule has 2 heterocycles. The number of ether oxygens (including phenoxy) is 1. The third-order valence-electron chi connectivity index (χ3n) is 3.11. The van der Waals surface area contributed by atoms with E-state index in [2.05, 4.69) is 20.8 Å². The molecule has 1 N–H and O–H groups in total. The van der Waals surface area contributed by atoms with Gasteiger partial charge in [0.25, 0.3) is 0 Å². The SMILES string of the molecule is c1ccc(-n2cnnn2)c(NCC2CCOC2)c1. The van der Waals surface area contributed by atoms with Gasteiger partial charge in [-0.1, -0.05) is 12.1 Å². The van der Waals surface area contributed by atoms with Gasteiger partial charge in [-0.3, -0.25) is 0 Å². The van der Waals surface area contributed by atoms with Gasteiger partial charge in [-0.25, -0.2) is 0 Å². The fourth-order valence-corrected chi connectivity index (χ4v) is 2.09. The topological polar surface area (TPSA) is 64.9 Å². The van der Waals surface area contributed by atoms with Crippen LogP contribution in [-0.2, 0) is 4.74 Å². The predicted octanol–water partition coefficient (Wildman–Crippen LogP) is 1.11. The standard InChI is InChI=1S/C12H15N5O/c1-2-4-12(17-9-14-15-16-17)11(3-1)13-7-10-5-6-18-8-10/h1-4,9-10,13H,5-8H2. The number of aromatic nitrogens is 4. The van der Waals surface area contributed by atoms with E-state index in [0.717, 1.165) is 37.6 Å². The number of nitrogens with one attached hydrogen (secondary N) is 1. The molecule has 1 unspecified atom stereocenters. The minimum atomic E-state index is 0.590. The molecule has 1 fully saturated rings. The minimum Gasteiger partial charge on any atom is -0.383 e. The summed E-state index contributed by atoms with van der Waals surface area (Å²) in [7, 11) is 0. The number of hydrogen-bond donors (Lipinski definition) is 1. The van der Waals surface area contributed by atoms with E-state index < -0.39 is 0 Å². The quantitative estimate of drug-likeness (QED) is 0.874. The van der Waals surface area contributed by atoms with Gasteiger partial charge in [0.05, 0.1) is 18.0 Å². The summed E-state index contributed by atoms with van der Waals surface area (Å²) in [6.45, 7) is 2.64. The highest BCUT2D eigenvalue weighted by atomic mass is 16.5. The summed E-state index contributed by atoms with van der Waals surface area (Å²) in [5, 5.41) is 14.7. The Bertz CT molecular complexity index is 493. The lowest BCUT2D eigenvalue weighted by atomic mass is 10.1. The zero-order valence-corrected chi connectivity index (χ0v) is 9.99. The van der Waals surface area contributed by atoms with Gasteiger partial charge in [0.1, 0.15) is 6.33 Å². The average molecular weight is 245 g/mol. The lowest BCUT2D eigenvalue weighted by Crippen LogP contribution is -2.15. The van der Waals surface area contributed by atoms with E-state index in [1.807, 2.05) is 24.3 Å². The van der Waals surface area contributed by atoms with Crippen LogP contribution >= 0.6 is 0 Å². The van der Waals surface area contributed by atoms with Gasteiger partial charge in [0, 0.05) is 19.1 Å². The number of tetrazole rings is 1. The van der Waals surface area contributed by atoms with Crippen LogP contribution in [0.3, 0.4) is 0 Å². The molecule has 1 saturated heterocycles. The summed E-state index contributed by atoms with van der Waals surface area (Å²) < 4.78 is 7.03. The predicted molar refractivity (Wildman–Crippen MR) is 66.6 cm³/mol. The molecule has 1 aromatic heterocycles. The van der Waals surface area contributed by atoms with Gasteiger partial charge in [0.15, 0.2) is 0 Å². The Morgan fingerprint density at radius 1 is 1.39 bits per heavy atom. The van der Waals surface area contributed by atoms with Crippen LogP contribution in [-0.4, -0.2) is 40.0 Å². The number of anilines is 1. The van der Waals surface area contributed by atoms with Crippen LogP contribution < -0.4 is 5.32 Å². The molecule has 1 aliphatic heterocycles. The lowest BCUT2D eigenvalue weighted by molar-refractivity contribution is 0.187. The summed E-state index contributed by atoms with van der Waals surface area (Å²) in [5.41, 5.74) is 2.00. The molecule has 1 aromatic carbocycles. The van der Waals surface area contributed by atoms with Crippen molar-refractivity contribution in [3.63, 3.8) is 0 Å². The van der Waals surface area contributed by atoms with Crippen molar-refractivity contribution >= 4 is 5.69 Å². The molecule has 6 nitrogen and oxygen atoms in total. The van der Waals surface area contributed by atoms with Crippen molar-refractivity contribution < 1.29 is 4.74 Å². The molecule has 3 rings (SSSR count). The van der Waals surface area contributed by atoms with Crippen LogP contribution in [0.5, 0.6) is 0 Å². The Morgan fingerprint density at radius 2 is 2.33 bits per heavy atom.